The molecule has 0 unspecified atom stereocenters. The Morgan fingerprint density at radius 1 is 1.82 bits per heavy atom. The number of rotatable bonds is 4. The van der Waals surface area contributed by atoms with Crippen molar-refractivity contribution >= 4 is 12.2 Å². The van der Waals surface area contributed by atoms with Crippen molar-refractivity contribution in [3.63, 3.8) is 0 Å². The summed E-state index contributed by atoms with van der Waals surface area (Å²) in [4.78, 5) is 11.1. The van der Waals surface area contributed by atoms with Gasteiger partial charge in [0, 0.05) is 6.21 Å². The van der Waals surface area contributed by atoms with Gasteiger partial charge in [0.1, 0.15) is 6.10 Å². The Morgan fingerprint density at radius 3 is 2.82 bits per heavy atom. The molecule has 0 heterocycles. The van der Waals surface area contributed by atoms with Gasteiger partial charge in [0.15, 0.2) is 0 Å². The van der Waals surface area contributed by atoms with Crippen molar-refractivity contribution in [3.8, 4) is 0 Å². The minimum absolute atomic E-state index is 0.163. The molecule has 11 heavy (non-hydrogen) atoms. The summed E-state index contributed by atoms with van der Waals surface area (Å²) < 4.78 is 5.02. The third-order valence-electron chi connectivity index (χ3n) is 1.75. The van der Waals surface area contributed by atoms with Gasteiger partial charge in [-0.3, -0.25) is 4.79 Å². The molecule has 0 spiro atoms. The smallest absolute Gasteiger partial charge is 0.314 e. The molecule has 1 atom stereocenters. The van der Waals surface area contributed by atoms with Crippen LogP contribution in [0.4, 0.5) is 0 Å². The SMILES string of the molecule is CC[C@@H](C=N)C(=O)OC1CC1. The lowest BCUT2D eigenvalue weighted by Crippen LogP contribution is -2.18. The number of carbonyl (C=O) groups excluding carboxylic acids is 1. The van der Waals surface area contributed by atoms with Gasteiger partial charge in [-0.15, -0.1) is 0 Å². The van der Waals surface area contributed by atoms with Crippen LogP contribution < -0.4 is 0 Å². The molecule has 1 saturated carbocycles. The Labute approximate surface area is 66.2 Å². The van der Waals surface area contributed by atoms with E-state index in [0.717, 1.165) is 19.1 Å². The molecule has 0 aromatic carbocycles. The third-order valence-corrected chi connectivity index (χ3v) is 1.75. The van der Waals surface area contributed by atoms with Gasteiger partial charge in [0.2, 0.25) is 0 Å². The minimum atomic E-state index is -0.324. The van der Waals surface area contributed by atoms with Gasteiger partial charge < -0.3 is 10.1 Å². The van der Waals surface area contributed by atoms with E-state index in [-0.39, 0.29) is 18.0 Å². The predicted molar refractivity (Wildman–Crippen MR) is 41.7 cm³/mol. The average Bonchev–Trinajstić information content (AvgIpc) is 2.74. The highest BCUT2D eigenvalue weighted by atomic mass is 16.5. The number of hydrogen-bond donors (Lipinski definition) is 1. The van der Waals surface area contributed by atoms with Crippen LogP contribution in [0.2, 0.25) is 0 Å². The molecule has 1 fully saturated rings. The van der Waals surface area contributed by atoms with Crippen molar-refractivity contribution in [1.29, 1.82) is 5.41 Å². The van der Waals surface area contributed by atoms with Crippen LogP contribution in [0.3, 0.4) is 0 Å². The van der Waals surface area contributed by atoms with Crippen LogP contribution in [-0.2, 0) is 9.53 Å². The molecule has 1 aliphatic carbocycles. The lowest BCUT2D eigenvalue weighted by Gasteiger charge is -2.07. The van der Waals surface area contributed by atoms with E-state index in [9.17, 15) is 4.79 Å². The molecule has 0 saturated heterocycles. The standard InChI is InChI=1S/C8H13NO2/c1-2-6(5-9)8(10)11-7-3-4-7/h5-7,9H,2-4H2,1H3/t6-/m0/s1. The molecule has 0 aromatic rings. The Balaban J connectivity index is 2.30. The summed E-state index contributed by atoms with van der Waals surface area (Å²) >= 11 is 0. The topological polar surface area (TPSA) is 50.2 Å². The van der Waals surface area contributed by atoms with E-state index < -0.39 is 0 Å². The first-order valence-electron chi connectivity index (χ1n) is 3.99. The zero-order chi connectivity index (χ0) is 8.27. The van der Waals surface area contributed by atoms with E-state index in [2.05, 4.69) is 0 Å². The molecule has 3 nitrogen and oxygen atoms in total. The van der Waals surface area contributed by atoms with E-state index >= 15 is 0 Å². The van der Waals surface area contributed by atoms with Gasteiger partial charge in [0.05, 0.1) is 5.92 Å². The fraction of sp³-hybridized carbons (Fsp3) is 0.750. The molecule has 62 valence electrons. The van der Waals surface area contributed by atoms with E-state index in [1.807, 2.05) is 6.92 Å². The van der Waals surface area contributed by atoms with Crippen LogP contribution in [0.25, 0.3) is 0 Å². The van der Waals surface area contributed by atoms with E-state index in [1.54, 1.807) is 0 Å². The summed E-state index contributed by atoms with van der Waals surface area (Å²) in [7, 11) is 0. The van der Waals surface area contributed by atoms with Gasteiger partial charge in [-0.05, 0) is 19.3 Å². The molecular formula is C8H13NO2. The molecule has 3 heteroatoms. The highest BCUT2D eigenvalue weighted by Crippen LogP contribution is 2.24. The van der Waals surface area contributed by atoms with Gasteiger partial charge in [-0.25, -0.2) is 0 Å². The zero-order valence-corrected chi connectivity index (χ0v) is 6.67. The van der Waals surface area contributed by atoms with Crippen molar-refractivity contribution in [2.24, 2.45) is 5.92 Å². The highest BCUT2D eigenvalue weighted by Gasteiger charge is 2.28. The molecule has 1 aliphatic rings. The summed E-state index contributed by atoms with van der Waals surface area (Å²) in [5.74, 6) is -0.555. The maximum Gasteiger partial charge on any atom is 0.314 e. The van der Waals surface area contributed by atoms with Crippen molar-refractivity contribution in [3.05, 3.63) is 0 Å². The molecule has 0 bridgehead atoms. The van der Waals surface area contributed by atoms with Crippen LogP contribution in [0.1, 0.15) is 26.2 Å². The number of nitrogens with one attached hydrogen (secondary N) is 1. The summed E-state index contributed by atoms with van der Waals surface area (Å²) in [6.07, 6.45) is 3.98. The molecule has 1 N–H and O–H groups in total. The Morgan fingerprint density at radius 2 is 2.45 bits per heavy atom. The second-order valence-corrected chi connectivity index (χ2v) is 2.82. The maximum atomic E-state index is 11.1. The highest BCUT2D eigenvalue weighted by molar-refractivity contribution is 5.88. The van der Waals surface area contributed by atoms with E-state index in [4.69, 9.17) is 10.1 Å². The fourth-order valence-corrected chi connectivity index (χ4v) is 0.790. The minimum Gasteiger partial charge on any atom is -0.462 e. The zero-order valence-electron chi connectivity index (χ0n) is 6.67. The van der Waals surface area contributed by atoms with Gasteiger partial charge in [-0.1, -0.05) is 6.92 Å². The molecule has 0 radical (unpaired) electrons. The molecule has 0 aliphatic heterocycles. The second-order valence-electron chi connectivity index (χ2n) is 2.82. The molecule has 1 rings (SSSR count). The summed E-state index contributed by atoms with van der Waals surface area (Å²) in [6.45, 7) is 1.88. The fourth-order valence-electron chi connectivity index (χ4n) is 0.790. The largest absolute Gasteiger partial charge is 0.462 e. The van der Waals surface area contributed by atoms with Crippen LogP contribution in [0, 0.1) is 11.3 Å². The Hall–Kier alpha value is -0.860. The van der Waals surface area contributed by atoms with E-state index in [0.29, 0.717) is 6.42 Å². The summed E-state index contributed by atoms with van der Waals surface area (Å²) in [6, 6.07) is 0. The van der Waals surface area contributed by atoms with Crippen LogP contribution in [-0.4, -0.2) is 18.3 Å². The van der Waals surface area contributed by atoms with Crippen LogP contribution >= 0.6 is 0 Å². The first-order chi connectivity index (χ1) is 5.27. The summed E-state index contributed by atoms with van der Waals surface area (Å²) in [5, 5.41) is 6.93. The predicted octanol–water partition coefficient (Wildman–Crippen LogP) is 1.37. The average molecular weight is 155 g/mol. The molecular weight excluding hydrogens is 142 g/mol. The number of ether oxygens (including phenoxy) is 1. The number of esters is 1. The van der Waals surface area contributed by atoms with Gasteiger partial charge in [0.25, 0.3) is 0 Å². The van der Waals surface area contributed by atoms with Crippen molar-refractivity contribution in [2.75, 3.05) is 0 Å². The second kappa shape index (κ2) is 3.51. The van der Waals surface area contributed by atoms with Gasteiger partial charge >= 0.3 is 5.97 Å². The van der Waals surface area contributed by atoms with Crippen molar-refractivity contribution in [1.82, 2.24) is 0 Å². The first-order valence-corrected chi connectivity index (χ1v) is 3.99. The van der Waals surface area contributed by atoms with Crippen LogP contribution in [0.5, 0.6) is 0 Å². The quantitative estimate of drug-likeness (QED) is 0.492. The van der Waals surface area contributed by atoms with Gasteiger partial charge in [-0.2, -0.15) is 0 Å². The van der Waals surface area contributed by atoms with Crippen molar-refractivity contribution in [2.45, 2.75) is 32.3 Å². The number of carbonyl (C=O) groups is 1. The van der Waals surface area contributed by atoms with Crippen molar-refractivity contribution < 1.29 is 9.53 Å². The Bertz CT molecular complexity index is 163. The first kappa shape index (κ1) is 8.24. The number of hydrogen-bond acceptors (Lipinski definition) is 3. The molecule has 0 aromatic heterocycles. The lowest BCUT2D eigenvalue weighted by molar-refractivity contribution is -0.147. The normalized spacial score (nSPS) is 19.0. The maximum absolute atomic E-state index is 11.1. The Kier molecular flexibility index (Phi) is 2.63. The lowest BCUT2D eigenvalue weighted by atomic mass is 10.1. The third kappa shape index (κ3) is 2.33. The van der Waals surface area contributed by atoms with E-state index in [1.165, 1.54) is 0 Å². The van der Waals surface area contributed by atoms with Crippen LogP contribution in [0.15, 0.2) is 0 Å². The molecule has 0 amide bonds. The monoisotopic (exact) mass is 155 g/mol. The summed E-state index contributed by atoms with van der Waals surface area (Å²) in [5.41, 5.74) is 0.